The number of thioether (sulfide) groups is 2. The van der Waals surface area contributed by atoms with Gasteiger partial charge in [-0.3, -0.25) is 4.79 Å². The van der Waals surface area contributed by atoms with Gasteiger partial charge in [0.15, 0.2) is 0 Å². The lowest BCUT2D eigenvalue weighted by Crippen LogP contribution is -2.57. The lowest BCUT2D eigenvalue weighted by molar-refractivity contribution is -0.147. The molecule has 1 aromatic rings. The highest BCUT2D eigenvalue weighted by atomic mass is 35.5. The number of rotatable bonds is 5. The number of hydrogen-bond acceptors (Lipinski definition) is 4. The molecular formula is C14H16ClNO3S2. The Morgan fingerprint density at radius 1 is 1.33 bits per heavy atom. The molecule has 0 atom stereocenters. The van der Waals surface area contributed by atoms with Gasteiger partial charge >= 0.3 is 5.97 Å². The van der Waals surface area contributed by atoms with Crippen LogP contribution in [-0.2, 0) is 9.59 Å². The Bertz CT molecular complexity index is 533. The SMILES string of the molecule is O=C(CSc1ccccc1Cl)NC1(C(=O)O)CCSCC1. The van der Waals surface area contributed by atoms with Gasteiger partial charge < -0.3 is 10.4 Å². The van der Waals surface area contributed by atoms with Gasteiger partial charge in [0, 0.05) is 4.90 Å². The van der Waals surface area contributed by atoms with E-state index in [2.05, 4.69) is 5.32 Å². The van der Waals surface area contributed by atoms with E-state index in [9.17, 15) is 14.7 Å². The second-order valence-corrected chi connectivity index (χ2v) is 7.42. The molecule has 1 aromatic carbocycles. The van der Waals surface area contributed by atoms with Gasteiger partial charge in [-0.15, -0.1) is 11.8 Å². The van der Waals surface area contributed by atoms with Gasteiger partial charge in [0.2, 0.25) is 5.91 Å². The van der Waals surface area contributed by atoms with Crippen LogP contribution in [0.4, 0.5) is 0 Å². The van der Waals surface area contributed by atoms with Crippen LogP contribution in [0, 0.1) is 0 Å². The standard InChI is InChI=1S/C14H16ClNO3S2/c15-10-3-1-2-4-11(10)21-9-12(17)16-14(13(18)19)5-7-20-8-6-14/h1-4H,5-9H2,(H,16,17)(H,18,19). The van der Waals surface area contributed by atoms with Gasteiger partial charge in [-0.25, -0.2) is 4.79 Å². The molecule has 0 bridgehead atoms. The van der Waals surface area contributed by atoms with E-state index in [0.29, 0.717) is 17.9 Å². The Kier molecular flexibility index (Phi) is 5.84. The number of carbonyl (C=O) groups excluding carboxylic acids is 1. The van der Waals surface area contributed by atoms with Gasteiger partial charge in [-0.1, -0.05) is 23.7 Å². The summed E-state index contributed by atoms with van der Waals surface area (Å²) in [4.78, 5) is 24.4. The fourth-order valence-electron chi connectivity index (χ4n) is 2.12. The van der Waals surface area contributed by atoms with Crippen molar-refractivity contribution in [1.82, 2.24) is 5.32 Å². The smallest absolute Gasteiger partial charge is 0.329 e. The third kappa shape index (κ3) is 4.31. The predicted octanol–water partition coefficient (Wildman–Crippen LogP) is 2.90. The third-order valence-corrected chi connectivity index (χ3v) is 5.83. The molecule has 1 heterocycles. The molecule has 2 rings (SSSR count). The maximum atomic E-state index is 12.1. The summed E-state index contributed by atoms with van der Waals surface area (Å²) < 4.78 is 0. The summed E-state index contributed by atoms with van der Waals surface area (Å²) in [7, 11) is 0. The summed E-state index contributed by atoms with van der Waals surface area (Å²) in [6, 6.07) is 7.28. The monoisotopic (exact) mass is 345 g/mol. The zero-order valence-electron chi connectivity index (χ0n) is 11.3. The predicted molar refractivity (Wildman–Crippen MR) is 87.2 cm³/mol. The van der Waals surface area contributed by atoms with Crippen LogP contribution in [0.2, 0.25) is 5.02 Å². The van der Waals surface area contributed by atoms with E-state index in [1.807, 2.05) is 18.2 Å². The minimum absolute atomic E-state index is 0.159. The topological polar surface area (TPSA) is 66.4 Å². The fourth-order valence-corrected chi connectivity index (χ4v) is 4.35. The molecule has 0 radical (unpaired) electrons. The van der Waals surface area contributed by atoms with E-state index in [0.717, 1.165) is 16.4 Å². The third-order valence-electron chi connectivity index (χ3n) is 3.33. The normalized spacial score (nSPS) is 17.2. The quantitative estimate of drug-likeness (QED) is 0.803. The van der Waals surface area contributed by atoms with Crippen molar-refractivity contribution in [1.29, 1.82) is 0 Å². The van der Waals surface area contributed by atoms with E-state index in [1.54, 1.807) is 17.8 Å². The number of benzene rings is 1. The Hall–Kier alpha value is -0.850. The van der Waals surface area contributed by atoms with Crippen LogP contribution in [0.5, 0.6) is 0 Å². The fraction of sp³-hybridized carbons (Fsp3) is 0.429. The summed E-state index contributed by atoms with van der Waals surface area (Å²) in [6.07, 6.45) is 0.936. The van der Waals surface area contributed by atoms with Gasteiger partial charge in [0.05, 0.1) is 10.8 Å². The summed E-state index contributed by atoms with van der Waals surface area (Å²) in [5.74, 6) is 0.452. The van der Waals surface area contributed by atoms with E-state index in [1.165, 1.54) is 11.8 Å². The van der Waals surface area contributed by atoms with Gasteiger partial charge in [-0.05, 0) is 36.5 Å². The minimum atomic E-state index is -1.11. The first-order valence-electron chi connectivity index (χ1n) is 6.53. The number of hydrogen-bond donors (Lipinski definition) is 2. The van der Waals surface area contributed by atoms with E-state index in [4.69, 9.17) is 11.6 Å². The van der Waals surface area contributed by atoms with Crippen LogP contribution >= 0.6 is 35.1 Å². The number of carboxylic acids is 1. The molecule has 21 heavy (non-hydrogen) atoms. The number of halogens is 1. The van der Waals surface area contributed by atoms with Crippen LogP contribution < -0.4 is 5.32 Å². The highest BCUT2D eigenvalue weighted by Gasteiger charge is 2.41. The Morgan fingerprint density at radius 2 is 2.00 bits per heavy atom. The first kappa shape index (κ1) is 16.5. The second-order valence-electron chi connectivity index (χ2n) is 4.77. The van der Waals surface area contributed by atoms with Crippen LogP contribution in [0.3, 0.4) is 0 Å². The Morgan fingerprint density at radius 3 is 2.62 bits per heavy atom. The molecule has 1 aliphatic heterocycles. The number of carbonyl (C=O) groups is 2. The summed E-state index contributed by atoms with van der Waals surface area (Å²) >= 11 is 9.06. The van der Waals surface area contributed by atoms with Gasteiger partial charge in [0.1, 0.15) is 5.54 Å². The number of amides is 1. The largest absolute Gasteiger partial charge is 0.480 e. The lowest BCUT2D eigenvalue weighted by Gasteiger charge is -2.33. The van der Waals surface area contributed by atoms with Crippen molar-refractivity contribution in [3.05, 3.63) is 29.3 Å². The van der Waals surface area contributed by atoms with E-state index in [-0.39, 0.29) is 11.7 Å². The van der Waals surface area contributed by atoms with Crippen LogP contribution in [0.1, 0.15) is 12.8 Å². The highest BCUT2D eigenvalue weighted by molar-refractivity contribution is 8.00. The second kappa shape index (κ2) is 7.42. The van der Waals surface area contributed by atoms with Crippen molar-refractivity contribution in [3.63, 3.8) is 0 Å². The van der Waals surface area contributed by atoms with Crippen LogP contribution in [0.25, 0.3) is 0 Å². The molecule has 7 heteroatoms. The number of nitrogens with one attached hydrogen (secondary N) is 1. The molecule has 2 N–H and O–H groups in total. The first-order valence-corrected chi connectivity index (χ1v) is 9.05. The summed E-state index contributed by atoms with van der Waals surface area (Å²) in [5, 5.41) is 12.7. The van der Waals surface area contributed by atoms with Crippen molar-refractivity contribution < 1.29 is 14.7 Å². The molecule has 0 unspecified atom stereocenters. The van der Waals surface area contributed by atoms with Crippen molar-refractivity contribution in [3.8, 4) is 0 Å². The van der Waals surface area contributed by atoms with Crippen molar-refractivity contribution in [2.45, 2.75) is 23.3 Å². The molecule has 0 aliphatic carbocycles. The molecule has 1 fully saturated rings. The molecule has 0 aromatic heterocycles. The zero-order valence-corrected chi connectivity index (χ0v) is 13.7. The van der Waals surface area contributed by atoms with E-state index >= 15 is 0 Å². The molecule has 1 aliphatic rings. The summed E-state index contributed by atoms with van der Waals surface area (Å²) in [6.45, 7) is 0. The Labute approximate surface area is 137 Å². The summed E-state index contributed by atoms with van der Waals surface area (Å²) in [5.41, 5.74) is -1.11. The van der Waals surface area contributed by atoms with Crippen molar-refractivity contribution >= 4 is 47.0 Å². The molecule has 0 spiro atoms. The minimum Gasteiger partial charge on any atom is -0.480 e. The first-order chi connectivity index (χ1) is 10.0. The van der Waals surface area contributed by atoms with Gasteiger partial charge in [-0.2, -0.15) is 11.8 Å². The molecule has 0 saturated carbocycles. The van der Waals surface area contributed by atoms with Crippen molar-refractivity contribution in [2.24, 2.45) is 0 Å². The Balaban J connectivity index is 1.94. The lowest BCUT2D eigenvalue weighted by atomic mass is 9.92. The maximum Gasteiger partial charge on any atom is 0.329 e. The average Bonchev–Trinajstić information content (AvgIpc) is 2.47. The van der Waals surface area contributed by atoms with Gasteiger partial charge in [0.25, 0.3) is 0 Å². The highest BCUT2D eigenvalue weighted by Crippen LogP contribution is 2.29. The van der Waals surface area contributed by atoms with E-state index < -0.39 is 11.5 Å². The number of aliphatic carboxylic acids is 1. The zero-order chi connectivity index (χ0) is 15.3. The molecule has 1 saturated heterocycles. The van der Waals surface area contributed by atoms with Crippen LogP contribution in [-0.4, -0.2) is 39.8 Å². The molecule has 1 amide bonds. The molecule has 4 nitrogen and oxygen atoms in total. The van der Waals surface area contributed by atoms with Crippen molar-refractivity contribution in [2.75, 3.05) is 17.3 Å². The van der Waals surface area contributed by atoms with Crippen LogP contribution in [0.15, 0.2) is 29.2 Å². The molecular weight excluding hydrogens is 330 g/mol. The molecule has 114 valence electrons. The maximum absolute atomic E-state index is 12.1. The average molecular weight is 346 g/mol. The number of carboxylic acid groups (broad SMARTS) is 1.